The molecule has 0 radical (unpaired) electrons. The summed E-state index contributed by atoms with van der Waals surface area (Å²) in [6.45, 7) is 9.15. The van der Waals surface area contributed by atoms with Crippen molar-refractivity contribution in [3.05, 3.63) is 25.3 Å². The van der Waals surface area contributed by atoms with Crippen molar-refractivity contribution in [2.24, 2.45) is 0 Å². The molecular weight excluding hydrogens is 152 g/mol. The Kier molecular flexibility index (Phi) is 2.30. The molecule has 0 aromatic rings. The van der Waals surface area contributed by atoms with Crippen LogP contribution in [0.1, 0.15) is 6.92 Å². The molecule has 0 atom stereocenters. The molecule has 0 aromatic carbocycles. The van der Waals surface area contributed by atoms with Crippen LogP contribution in [-0.4, -0.2) is 4.32 Å². The lowest BCUT2D eigenvalue weighted by molar-refractivity contribution is 1.04. The van der Waals surface area contributed by atoms with Crippen molar-refractivity contribution in [1.29, 1.82) is 0 Å². The van der Waals surface area contributed by atoms with E-state index < -0.39 is 0 Å². The van der Waals surface area contributed by atoms with Gasteiger partial charge in [-0.2, -0.15) is 0 Å². The molecule has 0 heterocycles. The minimum absolute atomic E-state index is 0.0764. The van der Waals surface area contributed by atoms with Crippen LogP contribution in [0.5, 0.6) is 0 Å². The van der Waals surface area contributed by atoms with Crippen molar-refractivity contribution in [3.63, 3.8) is 0 Å². The van der Waals surface area contributed by atoms with Gasteiger partial charge in [0.15, 0.2) is 0 Å². The van der Waals surface area contributed by atoms with Crippen molar-refractivity contribution < 1.29 is 0 Å². The fraction of sp³-hybridized carbons (Fsp3) is 0.333. The molecule has 0 amide bonds. The van der Waals surface area contributed by atoms with E-state index in [0.29, 0.717) is 0 Å². The van der Waals surface area contributed by atoms with Crippen molar-refractivity contribution in [2.45, 2.75) is 11.2 Å². The molecule has 0 N–H and O–H groups in total. The first-order chi connectivity index (χ1) is 3.12. The van der Waals surface area contributed by atoms with Gasteiger partial charge in [-0.1, -0.05) is 28.1 Å². The van der Waals surface area contributed by atoms with E-state index in [0.717, 1.165) is 0 Å². The highest BCUT2D eigenvalue weighted by molar-refractivity contribution is 9.10. The summed E-state index contributed by atoms with van der Waals surface area (Å²) in [5.74, 6) is 0. The third-order valence-corrected chi connectivity index (χ3v) is 1.45. The molecule has 0 aliphatic rings. The molecule has 0 aliphatic heterocycles. The summed E-state index contributed by atoms with van der Waals surface area (Å²) < 4.78 is -0.0764. The average Bonchev–Trinajstić information content (AvgIpc) is 1.68. The van der Waals surface area contributed by atoms with Gasteiger partial charge in [-0.3, -0.25) is 0 Å². The molecule has 7 heavy (non-hydrogen) atoms. The number of hydrogen-bond acceptors (Lipinski definition) is 0. The zero-order valence-corrected chi connectivity index (χ0v) is 6.03. The highest BCUT2D eigenvalue weighted by Crippen LogP contribution is 2.17. The predicted octanol–water partition coefficient (Wildman–Crippen LogP) is 2.51. The van der Waals surface area contributed by atoms with Gasteiger partial charge >= 0.3 is 0 Å². The third-order valence-electron chi connectivity index (χ3n) is 0.798. The van der Waals surface area contributed by atoms with Gasteiger partial charge in [0.1, 0.15) is 0 Å². The molecule has 40 valence electrons. The average molecular weight is 161 g/mol. The molecule has 0 saturated heterocycles. The minimum Gasteiger partial charge on any atom is -0.101 e. The van der Waals surface area contributed by atoms with Crippen molar-refractivity contribution >= 4 is 15.9 Å². The van der Waals surface area contributed by atoms with Gasteiger partial charge in [0.05, 0.1) is 4.32 Å². The van der Waals surface area contributed by atoms with Crippen LogP contribution in [0.4, 0.5) is 0 Å². The molecule has 0 rings (SSSR count). The second-order valence-electron chi connectivity index (χ2n) is 1.56. The van der Waals surface area contributed by atoms with Gasteiger partial charge in [0.2, 0.25) is 0 Å². The Bertz CT molecular complexity index is 72.2. The summed E-state index contributed by atoms with van der Waals surface area (Å²) in [7, 11) is 0. The lowest BCUT2D eigenvalue weighted by Gasteiger charge is -2.07. The molecule has 0 spiro atoms. The molecular formula is C6H9Br. The first-order valence-electron chi connectivity index (χ1n) is 2.08. The third kappa shape index (κ3) is 2.63. The summed E-state index contributed by atoms with van der Waals surface area (Å²) in [5, 5.41) is 0. The van der Waals surface area contributed by atoms with Gasteiger partial charge in [0.25, 0.3) is 0 Å². The summed E-state index contributed by atoms with van der Waals surface area (Å²) in [4.78, 5) is 0. The monoisotopic (exact) mass is 160 g/mol. The van der Waals surface area contributed by atoms with Gasteiger partial charge in [0, 0.05) is 0 Å². The molecule has 0 unspecified atom stereocenters. The Labute approximate surface area is 53.1 Å². The van der Waals surface area contributed by atoms with E-state index in [2.05, 4.69) is 29.1 Å². The normalized spacial score (nSPS) is 10.6. The second kappa shape index (κ2) is 2.31. The van der Waals surface area contributed by atoms with Crippen LogP contribution in [0.2, 0.25) is 0 Å². The second-order valence-corrected chi connectivity index (χ2v) is 3.27. The van der Waals surface area contributed by atoms with Crippen LogP contribution >= 0.6 is 15.9 Å². The fourth-order valence-electron chi connectivity index (χ4n) is 0.0833. The molecule has 0 saturated carbocycles. The van der Waals surface area contributed by atoms with Crippen LogP contribution < -0.4 is 0 Å². The van der Waals surface area contributed by atoms with E-state index in [1.54, 1.807) is 12.2 Å². The van der Waals surface area contributed by atoms with E-state index in [9.17, 15) is 0 Å². The Morgan fingerprint density at radius 3 is 1.71 bits per heavy atom. The summed E-state index contributed by atoms with van der Waals surface area (Å²) >= 11 is 3.34. The molecule has 0 bridgehead atoms. The van der Waals surface area contributed by atoms with E-state index in [-0.39, 0.29) is 4.32 Å². The Morgan fingerprint density at radius 2 is 1.71 bits per heavy atom. The smallest absolute Gasteiger partial charge is 0.0583 e. The van der Waals surface area contributed by atoms with Crippen molar-refractivity contribution in [2.75, 3.05) is 0 Å². The lowest BCUT2D eigenvalue weighted by atomic mass is 10.2. The number of allylic oxidation sites excluding steroid dienone is 2. The summed E-state index contributed by atoms with van der Waals surface area (Å²) in [5.41, 5.74) is 0. The maximum atomic E-state index is 3.59. The maximum Gasteiger partial charge on any atom is 0.0583 e. The van der Waals surface area contributed by atoms with Crippen LogP contribution in [0, 0.1) is 0 Å². The van der Waals surface area contributed by atoms with Crippen molar-refractivity contribution in [3.8, 4) is 0 Å². The highest BCUT2D eigenvalue weighted by atomic mass is 79.9. The zero-order chi connectivity index (χ0) is 5.91. The van der Waals surface area contributed by atoms with Gasteiger partial charge in [-0.05, 0) is 6.92 Å². The minimum atomic E-state index is -0.0764. The molecule has 0 fully saturated rings. The topological polar surface area (TPSA) is 0 Å². The van der Waals surface area contributed by atoms with Crippen LogP contribution in [0.25, 0.3) is 0 Å². The molecule has 0 nitrogen and oxygen atoms in total. The first kappa shape index (κ1) is 6.96. The largest absolute Gasteiger partial charge is 0.101 e. The summed E-state index contributed by atoms with van der Waals surface area (Å²) in [6, 6.07) is 0. The Morgan fingerprint density at radius 1 is 1.43 bits per heavy atom. The Hall–Kier alpha value is -0.0400. The number of alkyl halides is 1. The van der Waals surface area contributed by atoms with E-state index >= 15 is 0 Å². The van der Waals surface area contributed by atoms with Gasteiger partial charge in [-0.25, -0.2) is 0 Å². The number of rotatable bonds is 2. The maximum absolute atomic E-state index is 3.59. The van der Waals surface area contributed by atoms with Crippen LogP contribution in [0.15, 0.2) is 25.3 Å². The predicted molar refractivity (Wildman–Crippen MR) is 37.7 cm³/mol. The van der Waals surface area contributed by atoms with Crippen LogP contribution in [0.3, 0.4) is 0 Å². The van der Waals surface area contributed by atoms with Crippen LogP contribution in [-0.2, 0) is 0 Å². The van der Waals surface area contributed by atoms with E-state index in [1.165, 1.54) is 0 Å². The van der Waals surface area contributed by atoms with Gasteiger partial charge in [-0.15, -0.1) is 13.2 Å². The standard InChI is InChI=1S/C6H9Br/c1-4-6(3,7)5-2/h4-5H,1-2H2,3H3. The first-order valence-corrected chi connectivity index (χ1v) is 2.88. The number of halogens is 1. The summed E-state index contributed by atoms with van der Waals surface area (Å²) in [6.07, 6.45) is 3.58. The number of hydrogen-bond donors (Lipinski definition) is 0. The van der Waals surface area contributed by atoms with E-state index in [4.69, 9.17) is 0 Å². The molecule has 0 aromatic heterocycles. The quantitative estimate of drug-likeness (QED) is 0.431. The van der Waals surface area contributed by atoms with Gasteiger partial charge < -0.3 is 0 Å². The SMILES string of the molecule is C=CC(C)(Br)C=C. The lowest BCUT2D eigenvalue weighted by Crippen LogP contribution is -2.03. The van der Waals surface area contributed by atoms with E-state index in [1.807, 2.05) is 6.92 Å². The van der Waals surface area contributed by atoms with Crippen molar-refractivity contribution in [1.82, 2.24) is 0 Å². The fourth-order valence-corrected chi connectivity index (χ4v) is 0.0833. The molecule has 0 aliphatic carbocycles. The Balaban J connectivity index is 3.82. The highest BCUT2D eigenvalue weighted by Gasteiger charge is 2.06. The molecule has 1 heteroatoms. The zero-order valence-electron chi connectivity index (χ0n) is 4.45.